The van der Waals surface area contributed by atoms with Crippen LogP contribution in [0.25, 0.3) is 27.9 Å². The van der Waals surface area contributed by atoms with Crippen LogP contribution in [0.3, 0.4) is 0 Å². The van der Waals surface area contributed by atoms with Gasteiger partial charge in [0.05, 0.1) is 25.6 Å². The van der Waals surface area contributed by atoms with E-state index >= 15 is 0 Å². The standard InChI is InChI=1S/C22H19N5O2/c28-13-18(15-4-2-1-3-5-15)14-29-21-12-23-11-20-25-26-22(27(20)21)17-7-6-16-8-9-24-19(16)10-17/h1-12,18,24,28H,13-14H2. The maximum atomic E-state index is 9.81. The second-order valence-corrected chi connectivity index (χ2v) is 6.84. The monoisotopic (exact) mass is 385 g/mol. The van der Waals surface area contributed by atoms with Gasteiger partial charge in [0.2, 0.25) is 5.88 Å². The van der Waals surface area contributed by atoms with Crippen LogP contribution in [-0.4, -0.2) is 42.9 Å². The van der Waals surface area contributed by atoms with Gasteiger partial charge in [-0.2, -0.15) is 0 Å². The molecule has 144 valence electrons. The highest BCUT2D eigenvalue weighted by Gasteiger charge is 2.16. The lowest BCUT2D eigenvalue weighted by Crippen LogP contribution is -2.15. The highest BCUT2D eigenvalue weighted by atomic mass is 16.5. The van der Waals surface area contributed by atoms with Crippen molar-refractivity contribution in [3.63, 3.8) is 0 Å². The van der Waals surface area contributed by atoms with E-state index in [9.17, 15) is 5.11 Å². The van der Waals surface area contributed by atoms with Gasteiger partial charge < -0.3 is 14.8 Å². The molecule has 5 rings (SSSR count). The second-order valence-electron chi connectivity index (χ2n) is 6.84. The van der Waals surface area contributed by atoms with E-state index in [1.807, 2.05) is 65.2 Å². The fourth-order valence-corrected chi connectivity index (χ4v) is 3.46. The molecule has 1 unspecified atom stereocenters. The SMILES string of the molecule is OCC(COc1cncc2nnc(-c3ccc4cc[nH]c4c3)n12)c1ccccc1. The minimum atomic E-state index is -0.137. The lowest BCUT2D eigenvalue weighted by atomic mass is 10.0. The van der Waals surface area contributed by atoms with Gasteiger partial charge in [-0.1, -0.05) is 42.5 Å². The molecule has 3 aromatic heterocycles. The van der Waals surface area contributed by atoms with E-state index in [1.54, 1.807) is 12.4 Å². The first-order chi connectivity index (χ1) is 14.3. The summed E-state index contributed by atoms with van der Waals surface area (Å²) in [4.78, 5) is 7.44. The summed E-state index contributed by atoms with van der Waals surface area (Å²) in [6.07, 6.45) is 5.21. The molecule has 0 amide bonds. The van der Waals surface area contributed by atoms with Gasteiger partial charge in [-0.25, -0.2) is 4.40 Å². The number of aromatic amines is 1. The Hall–Kier alpha value is -3.71. The number of hydrogen-bond acceptors (Lipinski definition) is 5. The molecule has 2 N–H and O–H groups in total. The predicted octanol–water partition coefficient (Wildman–Crippen LogP) is 3.43. The summed E-state index contributed by atoms with van der Waals surface area (Å²) in [6, 6.07) is 17.9. The molecule has 29 heavy (non-hydrogen) atoms. The third kappa shape index (κ3) is 3.21. The topological polar surface area (TPSA) is 88.3 Å². The number of aliphatic hydroxyl groups excluding tert-OH is 1. The van der Waals surface area contributed by atoms with Crippen LogP contribution in [0.4, 0.5) is 0 Å². The average Bonchev–Trinajstić information content (AvgIpc) is 3.41. The lowest BCUT2D eigenvalue weighted by Gasteiger charge is -2.16. The number of aliphatic hydroxyl groups is 1. The number of benzene rings is 2. The average molecular weight is 385 g/mol. The molecule has 3 heterocycles. The fraction of sp³-hybridized carbons (Fsp3) is 0.136. The van der Waals surface area contributed by atoms with Crippen molar-refractivity contribution in [2.45, 2.75) is 5.92 Å². The summed E-state index contributed by atoms with van der Waals surface area (Å²) in [6.45, 7) is 0.306. The van der Waals surface area contributed by atoms with Gasteiger partial charge in [0.25, 0.3) is 0 Å². The van der Waals surface area contributed by atoms with E-state index in [0.29, 0.717) is 24.0 Å². The number of nitrogens with zero attached hydrogens (tertiary/aromatic N) is 4. The Labute approximate surface area is 166 Å². The van der Waals surface area contributed by atoms with Crippen molar-refractivity contribution in [1.82, 2.24) is 24.6 Å². The Balaban J connectivity index is 1.50. The Morgan fingerprint density at radius 1 is 1.03 bits per heavy atom. The summed E-state index contributed by atoms with van der Waals surface area (Å²) < 4.78 is 7.92. The maximum absolute atomic E-state index is 9.81. The van der Waals surface area contributed by atoms with Crippen LogP contribution < -0.4 is 4.74 Å². The van der Waals surface area contributed by atoms with Crippen molar-refractivity contribution in [2.24, 2.45) is 0 Å². The van der Waals surface area contributed by atoms with Gasteiger partial charge in [-0.05, 0) is 23.1 Å². The molecule has 1 atom stereocenters. The molecule has 7 nitrogen and oxygen atoms in total. The molecule has 5 aromatic rings. The van der Waals surface area contributed by atoms with Crippen molar-refractivity contribution in [3.8, 4) is 17.3 Å². The largest absolute Gasteiger partial charge is 0.477 e. The van der Waals surface area contributed by atoms with Gasteiger partial charge in [0.1, 0.15) is 0 Å². The van der Waals surface area contributed by atoms with E-state index in [-0.39, 0.29) is 12.5 Å². The van der Waals surface area contributed by atoms with E-state index < -0.39 is 0 Å². The predicted molar refractivity (Wildman–Crippen MR) is 110 cm³/mol. The Kier molecular flexibility index (Phi) is 4.42. The van der Waals surface area contributed by atoms with Crippen LogP contribution in [0.15, 0.2) is 73.2 Å². The molecule has 0 saturated heterocycles. The van der Waals surface area contributed by atoms with Crippen molar-refractivity contribution in [3.05, 3.63) is 78.8 Å². The molecule has 0 radical (unpaired) electrons. The normalized spacial score (nSPS) is 12.4. The Morgan fingerprint density at radius 2 is 1.93 bits per heavy atom. The molecule has 7 heteroatoms. The molecule has 0 fully saturated rings. The van der Waals surface area contributed by atoms with Crippen LogP contribution >= 0.6 is 0 Å². The minimum Gasteiger partial charge on any atom is -0.477 e. The zero-order valence-corrected chi connectivity index (χ0v) is 15.6. The van der Waals surface area contributed by atoms with Gasteiger partial charge in [-0.3, -0.25) is 4.98 Å². The molecule has 0 bridgehead atoms. The lowest BCUT2D eigenvalue weighted by molar-refractivity contribution is 0.199. The zero-order valence-electron chi connectivity index (χ0n) is 15.6. The van der Waals surface area contributed by atoms with Gasteiger partial charge in [-0.15, -0.1) is 10.2 Å². The first kappa shape index (κ1) is 17.4. The molecule has 0 spiro atoms. The second kappa shape index (κ2) is 7.37. The molecule has 0 aliphatic rings. The van der Waals surface area contributed by atoms with E-state index in [0.717, 1.165) is 22.0 Å². The van der Waals surface area contributed by atoms with Crippen LogP contribution in [0, 0.1) is 0 Å². The molecule has 0 saturated carbocycles. The Bertz CT molecular complexity index is 1260. The first-order valence-electron chi connectivity index (χ1n) is 9.39. The van der Waals surface area contributed by atoms with Crippen molar-refractivity contribution in [1.29, 1.82) is 0 Å². The van der Waals surface area contributed by atoms with Gasteiger partial charge >= 0.3 is 0 Å². The maximum Gasteiger partial charge on any atom is 0.220 e. The van der Waals surface area contributed by atoms with E-state index in [4.69, 9.17) is 4.74 Å². The molecule has 2 aromatic carbocycles. The van der Waals surface area contributed by atoms with Crippen molar-refractivity contribution < 1.29 is 9.84 Å². The molecule has 0 aliphatic carbocycles. The Morgan fingerprint density at radius 3 is 2.79 bits per heavy atom. The number of aromatic nitrogens is 5. The highest BCUT2D eigenvalue weighted by molar-refractivity contribution is 5.84. The molecular weight excluding hydrogens is 366 g/mol. The zero-order chi connectivity index (χ0) is 19.6. The highest BCUT2D eigenvalue weighted by Crippen LogP contribution is 2.26. The number of hydrogen-bond donors (Lipinski definition) is 2. The third-order valence-electron chi connectivity index (χ3n) is 5.02. The van der Waals surface area contributed by atoms with E-state index in [2.05, 4.69) is 20.2 Å². The number of H-pyrrole nitrogens is 1. The van der Waals surface area contributed by atoms with Crippen LogP contribution in [0.5, 0.6) is 5.88 Å². The smallest absolute Gasteiger partial charge is 0.220 e. The fourth-order valence-electron chi connectivity index (χ4n) is 3.46. The van der Waals surface area contributed by atoms with Crippen molar-refractivity contribution >= 4 is 16.6 Å². The summed E-state index contributed by atoms with van der Waals surface area (Å²) in [7, 11) is 0. The third-order valence-corrected chi connectivity index (χ3v) is 5.02. The van der Waals surface area contributed by atoms with Crippen LogP contribution in [0.1, 0.15) is 11.5 Å². The summed E-state index contributed by atoms with van der Waals surface area (Å²) >= 11 is 0. The van der Waals surface area contributed by atoms with Gasteiger partial charge in [0.15, 0.2) is 11.5 Å². The van der Waals surface area contributed by atoms with Crippen LogP contribution in [0.2, 0.25) is 0 Å². The number of rotatable bonds is 6. The summed E-state index contributed by atoms with van der Waals surface area (Å²) in [5.41, 5.74) is 3.58. The molecular formula is C22H19N5O2. The quantitative estimate of drug-likeness (QED) is 0.468. The number of ether oxygens (including phenoxy) is 1. The molecule has 0 aliphatic heterocycles. The number of fused-ring (bicyclic) bond motifs is 2. The minimum absolute atomic E-state index is 0.00799. The first-order valence-corrected chi connectivity index (χ1v) is 9.39. The summed E-state index contributed by atoms with van der Waals surface area (Å²) in [5.74, 6) is 1.07. The summed E-state index contributed by atoms with van der Waals surface area (Å²) in [5, 5.41) is 19.5. The van der Waals surface area contributed by atoms with Gasteiger partial charge in [0, 0.05) is 23.2 Å². The van der Waals surface area contributed by atoms with Crippen molar-refractivity contribution in [2.75, 3.05) is 13.2 Å². The van der Waals surface area contributed by atoms with E-state index in [1.165, 1.54) is 0 Å². The van der Waals surface area contributed by atoms with Crippen LogP contribution in [-0.2, 0) is 0 Å². The number of nitrogens with one attached hydrogen (secondary N) is 1.